The number of hydrogen-bond acceptors (Lipinski definition) is 3. The Kier molecular flexibility index (Phi) is 5.47. The molecule has 20 heavy (non-hydrogen) atoms. The van der Waals surface area contributed by atoms with E-state index in [4.69, 9.17) is 9.47 Å². The maximum atomic E-state index is 5.91. The lowest BCUT2D eigenvalue weighted by Gasteiger charge is -2.36. The van der Waals surface area contributed by atoms with Crippen LogP contribution in [0.2, 0.25) is 0 Å². The standard InChI is InChI=1S/C16H24BrNO2/c1-18-15(16(20-3)8-4-5-9-16)11-12-10-13(19-2)6-7-14(12)17/h6-7,10,15,18H,4-5,8-9,11H2,1-3H3. The smallest absolute Gasteiger partial charge is 0.119 e. The van der Waals surface area contributed by atoms with Gasteiger partial charge in [-0.15, -0.1) is 0 Å². The van der Waals surface area contributed by atoms with Gasteiger partial charge in [0.2, 0.25) is 0 Å². The van der Waals surface area contributed by atoms with Gasteiger partial charge in [0.25, 0.3) is 0 Å². The van der Waals surface area contributed by atoms with Crippen molar-refractivity contribution in [3.63, 3.8) is 0 Å². The van der Waals surface area contributed by atoms with E-state index in [9.17, 15) is 0 Å². The summed E-state index contributed by atoms with van der Waals surface area (Å²) in [6, 6.07) is 6.45. The van der Waals surface area contributed by atoms with Crippen LogP contribution in [0.15, 0.2) is 22.7 Å². The lowest BCUT2D eigenvalue weighted by atomic mass is 9.87. The van der Waals surface area contributed by atoms with Gasteiger partial charge in [-0.1, -0.05) is 28.8 Å². The van der Waals surface area contributed by atoms with Gasteiger partial charge in [0.15, 0.2) is 0 Å². The number of methoxy groups -OCH3 is 2. The Morgan fingerprint density at radius 2 is 2.00 bits per heavy atom. The van der Waals surface area contributed by atoms with Crippen molar-refractivity contribution >= 4 is 15.9 Å². The van der Waals surface area contributed by atoms with E-state index in [1.165, 1.54) is 18.4 Å². The van der Waals surface area contributed by atoms with Crippen LogP contribution in [0.1, 0.15) is 31.2 Å². The molecule has 1 atom stereocenters. The molecule has 2 rings (SSSR count). The van der Waals surface area contributed by atoms with Crippen molar-refractivity contribution < 1.29 is 9.47 Å². The monoisotopic (exact) mass is 341 g/mol. The summed E-state index contributed by atoms with van der Waals surface area (Å²) in [6.45, 7) is 0. The van der Waals surface area contributed by atoms with E-state index in [-0.39, 0.29) is 5.60 Å². The molecule has 1 aromatic carbocycles. The first-order valence-electron chi connectivity index (χ1n) is 7.20. The minimum atomic E-state index is -0.0305. The Morgan fingerprint density at radius 3 is 2.55 bits per heavy atom. The van der Waals surface area contributed by atoms with E-state index >= 15 is 0 Å². The van der Waals surface area contributed by atoms with E-state index in [2.05, 4.69) is 33.4 Å². The van der Waals surface area contributed by atoms with Gasteiger partial charge in [0, 0.05) is 17.6 Å². The van der Waals surface area contributed by atoms with Crippen LogP contribution in [0.4, 0.5) is 0 Å². The van der Waals surface area contributed by atoms with Crippen molar-refractivity contribution in [1.29, 1.82) is 0 Å². The molecule has 0 heterocycles. The first kappa shape index (κ1) is 15.8. The second-order valence-corrected chi connectivity index (χ2v) is 6.33. The lowest BCUT2D eigenvalue weighted by molar-refractivity contribution is -0.0337. The second-order valence-electron chi connectivity index (χ2n) is 5.48. The average Bonchev–Trinajstić information content (AvgIpc) is 2.96. The lowest BCUT2D eigenvalue weighted by Crippen LogP contribution is -2.50. The molecule has 3 nitrogen and oxygen atoms in total. The van der Waals surface area contributed by atoms with Gasteiger partial charge in [0.05, 0.1) is 12.7 Å². The van der Waals surface area contributed by atoms with Crippen LogP contribution in [0.3, 0.4) is 0 Å². The summed E-state index contributed by atoms with van der Waals surface area (Å²) in [5, 5.41) is 3.46. The molecule has 0 radical (unpaired) electrons. The molecule has 1 unspecified atom stereocenters. The molecule has 1 N–H and O–H groups in total. The molecule has 0 bridgehead atoms. The average molecular weight is 342 g/mol. The molecule has 0 saturated heterocycles. The first-order valence-corrected chi connectivity index (χ1v) is 7.99. The topological polar surface area (TPSA) is 30.5 Å². The van der Waals surface area contributed by atoms with Crippen LogP contribution in [-0.4, -0.2) is 32.9 Å². The van der Waals surface area contributed by atoms with Gasteiger partial charge >= 0.3 is 0 Å². The third-order valence-electron chi connectivity index (χ3n) is 4.52. The van der Waals surface area contributed by atoms with Crippen molar-refractivity contribution in [2.45, 2.75) is 43.7 Å². The molecule has 0 spiro atoms. The third kappa shape index (κ3) is 3.18. The maximum absolute atomic E-state index is 5.91. The Balaban J connectivity index is 2.21. The van der Waals surface area contributed by atoms with Crippen molar-refractivity contribution in [1.82, 2.24) is 5.32 Å². The Morgan fingerprint density at radius 1 is 1.30 bits per heavy atom. The summed E-state index contributed by atoms with van der Waals surface area (Å²) in [6.07, 6.45) is 5.71. The predicted octanol–water partition coefficient (Wildman–Crippen LogP) is 3.55. The highest BCUT2D eigenvalue weighted by Crippen LogP contribution is 2.37. The summed E-state index contributed by atoms with van der Waals surface area (Å²) in [5.41, 5.74) is 1.23. The van der Waals surface area contributed by atoms with Crippen LogP contribution in [0.25, 0.3) is 0 Å². The number of likely N-dealkylation sites (N-methyl/N-ethyl adjacent to an activating group) is 1. The van der Waals surface area contributed by atoms with Crippen molar-refractivity contribution in [3.05, 3.63) is 28.2 Å². The SMILES string of the molecule is CNC(Cc1cc(OC)ccc1Br)C1(OC)CCCC1. The van der Waals surface area contributed by atoms with Crippen molar-refractivity contribution in [3.8, 4) is 5.75 Å². The zero-order chi connectivity index (χ0) is 14.6. The van der Waals surface area contributed by atoms with E-state index in [1.807, 2.05) is 20.2 Å². The van der Waals surface area contributed by atoms with Gasteiger partial charge in [-0.2, -0.15) is 0 Å². The largest absolute Gasteiger partial charge is 0.497 e. The van der Waals surface area contributed by atoms with E-state index < -0.39 is 0 Å². The van der Waals surface area contributed by atoms with E-state index in [1.54, 1.807) is 7.11 Å². The summed E-state index contributed by atoms with van der Waals surface area (Å²) in [4.78, 5) is 0. The number of rotatable bonds is 6. The molecule has 0 aromatic heterocycles. The maximum Gasteiger partial charge on any atom is 0.119 e. The Bertz CT molecular complexity index is 444. The molecule has 4 heteroatoms. The van der Waals surface area contributed by atoms with E-state index in [0.29, 0.717) is 6.04 Å². The summed E-state index contributed by atoms with van der Waals surface area (Å²) < 4.78 is 12.4. The van der Waals surface area contributed by atoms with Gasteiger partial charge in [-0.25, -0.2) is 0 Å². The first-order chi connectivity index (χ1) is 9.65. The molecule has 1 saturated carbocycles. The molecule has 1 aromatic rings. The molecular formula is C16H24BrNO2. The summed E-state index contributed by atoms with van der Waals surface area (Å²) >= 11 is 3.64. The van der Waals surface area contributed by atoms with Gasteiger partial charge in [0.1, 0.15) is 5.75 Å². The highest BCUT2D eigenvalue weighted by Gasteiger charge is 2.40. The molecule has 112 valence electrons. The fourth-order valence-corrected chi connectivity index (χ4v) is 3.68. The predicted molar refractivity (Wildman–Crippen MR) is 85.5 cm³/mol. The van der Waals surface area contributed by atoms with Crippen LogP contribution in [0.5, 0.6) is 5.75 Å². The quantitative estimate of drug-likeness (QED) is 0.858. The summed E-state index contributed by atoms with van der Waals surface area (Å²) in [5.74, 6) is 0.899. The van der Waals surface area contributed by atoms with Gasteiger partial charge < -0.3 is 14.8 Å². The van der Waals surface area contributed by atoms with Crippen LogP contribution in [-0.2, 0) is 11.2 Å². The van der Waals surface area contributed by atoms with Crippen LogP contribution < -0.4 is 10.1 Å². The van der Waals surface area contributed by atoms with Crippen molar-refractivity contribution in [2.75, 3.05) is 21.3 Å². The van der Waals surface area contributed by atoms with Crippen LogP contribution in [0, 0.1) is 0 Å². The Hall–Kier alpha value is -0.580. The summed E-state index contributed by atoms with van der Waals surface area (Å²) in [7, 11) is 5.57. The number of halogens is 1. The van der Waals surface area contributed by atoms with Crippen molar-refractivity contribution in [2.24, 2.45) is 0 Å². The normalized spacial score (nSPS) is 19.0. The highest BCUT2D eigenvalue weighted by molar-refractivity contribution is 9.10. The fraction of sp³-hybridized carbons (Fsp3) is 0.625. The minimum Gasteiger partial charge on any atom is -0.497 e. The highest BCUT2D eigenvalue weighted by atomic mass is 79.9. The van der Waals surface area contributed by atoms with Gasteiger partial charge in [-0.3, -0.25) is 0 Å². The number of ether oxygens (including phenoxy) is 2. The van der Waals surface area contributed by atoms with Gasteiger partial charge in [-0.05, 0) is 50.1 Å². The zero-order valence-corrected chi connectivity index (χ0v) is 14.1. The second kappa shape index (κ2) is 6.92. The molecule has 0 aliphatic heterocycles. The number of nitrogens with one attached hydrogen (secondary N) is 1. The Labute approximate surface area is 130 Å². The molecule has 1 fully saturated rings. The van der Waals surface area contributed by atoms with Crippen LogP contribution >= 0.6 is 15.9 Å². The molecule has 1 aliphatic carbocycles. The number of hydrogen-bond donors (Lipinski definition) is 1. The molecule has 0 amide bonds. The molecular weight excluding hydrogens is 318 g/mol. The minimum absolute atomic E-state index is 0.0305. The third-order valence-corrected chi connectivity index (χ3v) is 5.29. The zero-order valence-electron chi connectivity index (χ0n) is 12.5. The molecule has 1 aliphatic rings. The fourth-order valence-electron chi connectivity index (χ4n) is 3.27. The number of benzene rings is 1. The van der Waals surface area contributed by atoms with E-state index in [0.717, 1.165) is 29.5 Å².